The molecule has 0 aliphatic rings. The minimum absolute atomic E-state index is 0.671. The van der Waals surface area contributed by atoms with Gasteiger partial charge < -0.3 is 0 Å². The highest BCUT2D eigenvalue weighted by atomic mass is 32.1. The first-order valence-corrected chi connectivity index (χ1v) is 18.0. The van der Waals surface area contributed by atoms with Crippen molar-refractivity contribution in [2.75, 3.05) is 0 Å². The number of nitrogens with zero attached hydrogens (tertiary/aromatic N) is 1. The van der Waals surface area contributed by atoms with E-state index in [1.165, 1.54) is 42.4 Å². The van der Waals surface area contributed by atoms with Crippen LogP contribution in [-0.2, 0) is 0 Å². The van der Waals surface area contributed by atoms with Crippen molar-refractivity contribution in [3.63, 3.8) is 0 Å². The van der Waals surface area contributed by atoms with E-state index in [-0.39, 0.29) is 0 Å². The van der Waals surface area contributed by atoms with Gasteiger partial charge in [-0.2, -0.15) is 5.26 Å². The highest BCUT2D eigenvalue weighted by Crippen LogP contribution is 2.42. The number of hydrogen-bond donors (Lipinski definition) is 0. The average molecular weight is 666 g/mol. The van der Waals surface area contributed by atoms with Crippen molar-refractivity contribution in [1.82, 2.24) is 0 Å². The van der Waals surface area contributed by atoms with Crippen LogP contribution in [0.5, 0.6) is 0 Å². The van der Waals surface area contributed by atoms with Gasteiger partial charge in [-0.05, 0) is 79.9 Å². The largest absolute Gasteiger partial charge is 0.192 e. The van der Waals surface area contributed by atoms with Crippen LogP contribution >= 0.6 is 11.3 Å². The second-order valence-electron chi connectivity index (χ2n) is 12.8. The molecule has 0 saturated carbocycles. The van der Waals surface area contributed by atoms with Crippen LogP contribution in [-0.4, -0.2) is 0 Å². The lowest BCUT2D eigenvalue weighted by molar-refractivity contribution is 1.46. The van der Waals surface area contributed by atoms with Crippen LogP contribution in [0, 0.1) is 11.3 Å². The van der Waals surface area contributed by atoms with Gasteiger partial charge >= 0.3 is 0 Å². The molecule has 2 heteroatoms. The second kappa shape index (κ2) is 13.1. The lowest BCUT2D eigenvalue weighted by atomic mass is 9.87. The van der Waals surface area contributed by atoms with Crippen molar-refractivity contribution in [2.24, 2.45) is 0 Å². The van der Waals surface area contributed by atoms with Crippen LogP contribution in [0.15, 0.2) is 188 Å². The number of nitriles is 1. The van der Waals surface area contributed by atoms with Crippen LogP contribution in [0.1, 0.15) is 5.56 Å². The standard InChI is InChI=1S/C49H31NS/c50-32-47-45(37-25-21-35(22-26-37)33-11-3-1-4-12-33)30-41(31-46(47)38-27-23-36(24-28-38)34-13-5-2-6-14-34)39-15-9-16-40(29-39)42-18-10-19-44-43-17-7-8-20-48(43)51-49(42)44/h1-31H. The Kier molecular flexibility index (Phi) is 7.82. The maximum absolute atomic E-state index is 10.8. The Morgan fingerprint density at radius 2 is 0.804 bits per heavy atom. The van der Waals surface area contributed by atoms with Gasteiger partial charge in [0, 0.05) is 31.3 Å². The van der Waals surface area contributed by atoms with E-state index in [1.54, 1.807) is 0 Å². The summed E-state index contributed by atoms with van der Waals surface area (Å²) in [7, 11) is 0. The molecule has 0 aliphatic heterocycles. The molecule has 0 spiro atoms. The number of benzene rings is 8. The van der Waals surface area contributed by atoms with E-state index in [9.17, 15) is 5.26 Å². The Hall–Kier alpha value is -6.53. The van der Waals surface area contributed by atoms with Gasteiger partial charge in [-0.1, -0.05) is 164 Å². The van der Waals surface area contributed by atoms with Gasteiger partial charge in [0.2, 0.25) is 0 Å². The molecule has 9 aromatic rings. The molecule has 0 N–H and O–H groups in total. The van der Waals surface area contributed by atoms with Crippen molar-refractivity contribution in [3.8, 4) is 72.8 Å². The molecular weight excluding hydrogens is 635 g/mol. The summed E-state index contributed by atoms with van der Waals surface area (Å²) in [6, 6.07) is 69.1. The number of hydrogen-bond acceptors (Lipinski definition) is 2. The third kappa shape index (κ3) is 5.71. The summed E-state index contributed by atoms with van der Waals surface area (Å²) in [4.78, 5) is 0. The van der Waals surface area contributed by atoms with Gasteiger partial charge in [0.1, 0.15) is 6.07 Å². The summed E-state index contributed by atoms with van der Waals surface area (Å²) >= 11 is 1.85. The van der Waals surface area contributed by atoms with Crippen molar-refractivity contribution in [3.05, 3.63) is 194 Å². The zero-order valence-corrected chi connectivity index (χ0v) is 28.6. The maximum atomic E-state index is 10.8. The molecule has 51 heavy (non-hydrogen) atoms. The van der Waals surface area contributed by atoms with Crippen LogP contribution in [0.25, 0.3) is 86.9 Å². The van der Waals surface area contributed by atoms with E-state index in [1.807, 2.05) is 23.5 Å². The third-order valence-corrected chi connectivity index (χ3v) is 11.0. The summed E-state index contributed by atoms with van der Waals surface area (Å²) in [5, 5.41) is 13.3. The number of thiophene rings is 1. The zero-order valence-electron chi connectivity index (χ0n) is 27.8. The lowest BCUT2D eigenvalue weighted by Crippen LogP contribution is -1.93. The quantitative estimate of drug-likeness (QED) is 0.173. The lowest BCUT2D eigenvalue weighted by Gasteiger charge is -2.16. The molecule has 0 bridgehead atoms. The molecule has 0 radical (unpaired) electrons. The Morgan fingerprint density at radius 3 is 1.41 bits per heavy atom. The van der Waals surface area contributed by atoms with Crippen LogP contribution in [0.2, 0.25) is 0 Å². The highest BCUT2D eigenvalue weighted by molar-refractivity contribution is 7.26. The SMILES string of the molecule is N#Cc1c(-c2ccc(-c3ccccc3)cc2)cc(-c2cccc(-c3cccc4c3sc3ccccc34)c2)cc1-c1ccc(-c2ccccc2)cc1. The molecule has 1 aromatic heterocycles. The molecule has 9 rings (SSSR count). The smallest absolute Gasteiger partial charge is 0.100 e. The fraction of sp³-hybridized carbons (Fsp3) is 0. The van der Waals surface area contributed by atoms with E-state index >= 15 is 0 Å². The van der Waals surface area contributed by atoms with E-state index in [0.717, 1.165) is 44.5 Å². The zero-order chi connectivity index (χ0) is 34.1. The fourth-order valence-corrected chi connectivity index (χ4v) is 8.41. The predicted molar refractivity (Wildman–Crippen MR) is 217 cm³/mol. The highest BCUT2D eigenvalue weighted by Gasteiger charge is 2.17. The minimum atomic E-state index is 0.671. The molecule has 0 aliphatic carbocycles. The molecule has 0 unspecified atom stereocenters. The summed E-state index contributed by atoms with van der Waals surface area (Å²) in [5.74, 6) is 0. The Bertz CT molecular complexity index is 2610. The van der Waals surface area contributed by atoms with Crippen molar-refractivity contribution in [1.29, 1.82) is 5.26 Å². The fourth-order valence-electron chi connectivity index (χ4n) is 7.17. The Labute approximate surface area is 302 Å². The first-order chi connectivity index (χ1) is 25.2. The topological polar surface area (TPSA) is 23.8 Å². The van der Waals surface area contributed by atoms with E-state index < -0.39 is 0 Å². The van der Waals surface area contributed by atoms with Crippen molar-refractivity contribution in [2.45, 2.75) is 0 Å². The maximum Gasteiger partial charge on any atom is 0.100 e. The molecule has 1 nitrogen and oxygen atoms in total. The summed E-state index contributed by atoms with van der Waals surface area (Å²) in [6.45, 7) is 0. The summed E-state index contributed by atoms with van der Waals surface area (Å²) < 4.78 is 2.60. The molecular formula is C49H31NS. The predicted octanol–water partition coefficient (Wildman–Crippen LogP) is 13.9. The van der Waals surface area contributed by atoms with E-state index in [2.05, 4.69) is 182 Å². The van der Waals surface area contributed by atoms with Crippen LogP contribution in [0.4, 0.5) is 0 Å². The molecule has 238 valence electrons. The molecule has 0 saturated heterocycles. The number of rotatable bonds is 6. The van der Waals surface area contributed by atoms with Crippen molar-refractivity contribution < 1.29 is 0 Å². The Morgan fingerprint density at radius 1 is 0.333 bits per heavy atom. The first kappa shape index (κ1) is 30.5. The Balaban J connectivity index is 1.20. The van der Waals surface area contributed by atoms with E-state index in [4.69, 9.17) is 0 Å². The average Bonchev–Trinajstić information content (AvgIpc) is 3.60. The van der Waals surface area contributed by atoms with Crippen molar-refractivity contribution >= 4 is 31.5 Å². The monoisotopic (exact) mass is 665 g/mol. The summed E-state index contributed by atoms with van der Waals surface area (Å²) in [6.07, 6.45) is 0. The van der Waals surface area contributed by atoms with E-state index in [0.29, 0.717) is 5.56 Å². The van der Waals surface area contributed by atoms with Gasteiger partial charge in [0.15, 0.2) is 0 Å². The van der Waals surface area contributed by atoms with Crippen LogP contribution in [0.3, 0.4) is 0 Å². The van der Waals surface area contributed by atoms with Gasteiger partial charge in [-0.15, -0.1) is 11.3 Å². The third-order valence-electron chi connectivity index (χ3n) is 9.77. The second-order valence-corrected chi connectivity index (χ2v) is 13.9. The number of fused-ring (bicyclic) bond motifs is 3. The van der Waals surface area contributed by atoms with Gasteiger partial charge in [0.05, 0.1) is 5.56 Å². The molecule has 0 amide bonds. The first-order valence-electron chi connectivity index (χ1n) is 17.1. The molecule has 0 atom stereocenters. The minimum Gasteiger partial charge on any atom is -0.192 e. The van der Waals surface area contributed by atoms with Gasteiger partial charge in [0.25, 0.3) is 0 Å². The molecule has 8 aromatic carbocycles. The van der Waals surface area contributed by atoms with Gasteiger partial charge in [-0.25, -0.2) is 0 Å². The van der Waals surface area contributed by atoms with Gasteiger partial charge in [-0.3, -0.25) is 0 Å². The normalized spacial score (nSPS) is 11.1. The summed E-state index contributed by atoms with van der Waals surface area (Å²) in [5.41, 5.74) is 13.8. The molecule has 0 fully saturated rings. The van der Waals surface area contributed by atoms with Crippen LogP contribution < -0.4 is 0 Å². The molecule has 1 heterocycles.